The largest absolute Gasteiger partial charge is 0.508 e. The lowest BCUT2D eigenvalue weighted by molar-refractivity contribution is -0.0447. The summed E-state index contributed by atoms with van der Waals surface area (Å²) in [5.74, 6) is 0.0679. The minimum atomic E-state index is -1.41. The molecule has 0 saturated heterocycles. The molecule has 6 N–H and O–H groups in total. The SMILES string of the molecule is Nc1ccc(O)c(CCC(O)O)c1CCO. The van der Waals surface area contributed by atoms with E-state index in [1.807, 2.05) is 0 Å². The molecule has 5 nitrogen and oxygen atoms in total. The normalized spacial score (nSPS) is 11.0. The van der Waals surface area contributed by atoms with Crippen molar-refractivity contribution in [1.82, 2.24) is 0 Å². The number of phenolic OH excluding ortho intramolecular Hbond substituents is 1. The monoisotopic (exact) mass is 227 g/mol. The van der Waals surface area contributed by atoms with Crippen LogP contribution in [0.4, 0.5) is 5.69 Å². The molecule has 1 aromatic carbocycles. The molecule has 0 amide bonds. The molecule has 16 heavy (non-hydrogen) atoms. The molecule has 0 atom stereocenters. The Morgan fingerprint density at radius 2 is 1.81 bits per heavy atom. The molecule has 0 radical (unpaired) electrons. The van der Waals surface area contributed by atoms with Gasteiger partial charge in [0.15, 0.2) is 6.29 Å². The number of aliphatic hydroxyl groups is 3. The predicted octanol–water partition coefficient (Wildman–Crippen LogP) is -0.248. The lowest BCUT2D eigenvalue weighted by Gasteiger charge is -2.13. The summed E-state index contributed by atoms with van der Waals surface area (Å²) in [6.07, 6.45) is -0.640. The quantitative estimate of drug-likeness (QED) is 0.271. The van der Waals surface area contributed by atoms with Gasteiger partial charge in [-0.05, 0) is 36.1 Å². The van der Waals surface area contributed by atoms with Crippen LogP contribution in [0.1, 0.15) is 17.5 Å². The van der Waals surface area contributed by atoms with Crippen LogP contribution in [0.25, 0.3) is 0 Å². The highest BCUT2D eigenvalue weighted by Gasteiger charge is 2.12. The minimum Gasteiger partial charge on any atom is -0.508 e. The summed E-state index contributed by atoms with van der Waals surface area (Å²) >= 11 is 0. The van der Waals surface area contributed by atoms with Crippen LogP contribution in [0.3, 0.4) is 0 Å². The van der Waals surface area contributed by atoms with E-state index >= 15 is 0 Å². The summed E-state index contributed by atoms with van der Waals surface area (Å²) in [6, 6.07) is 3.04. The van der Waals surface area contributed by atoms with Crippen molar-refractivity contribution in [3.05, 3.63) is 23.3 Å². The lowest BCUT2D eigenvalue weighted by atomic mass is 9.97. The molecule has 0 saturated carbocycles. The number of anilines is 1. The van der Waals surface area contributed by atoms with Gasteiger partial charge in [0.05, 0.1) is 0 Å². The van der Waals surface area contributed by atoms with Crippen molar-refractivity contribution in [3.8, 4) is 5.75 Å². The summed E-state index contributed by atoms with van der Waals surface area (Å²) in [5.41, 5.74) is 7.47. The van der Waals surface area contributed by atoms with Gasteiger partial charge in [-0.25, -0.2) is 0 Å². The second-order valence-electron chi connectivity index (χ2n) is 3.62. The van der Waals surface area contributed by atoms with Crippen LogP contribution in [0.5, 0.6) is 5.75 Å². The molecular formula is C11H17NO4. The molecule has 1 aromatic rings. The molecule has 5 heteroatoms. The van der Waals surface area contributed by atoms with E-state index in [1.165, 1.54) is 6.07 Å². The molecule has 0 unspecified atom stereocenters. The van der Waals surface area contributed by atoms with Crippen molar-refractivity contribution in [1.29, 1.82) is 0 Å². The molecule has 0 heterocycles. The van der Waals surface area contributed by atoms with Gasteiger partial charge >= 0.3 is 0 Å². The molecule has 0 aliphatic carbocycles. The molecule has 0 aliphatic rings. The Kier molecular flexibility index (Phi) is 4.54. The smallest absolute Gasteiger partial charge is 0.151 e. The maximum absolute atomic E-state index is 9.65. The van der Waals surface area contributed by atoms with Crippen molar-refractivity contribution >= 4 is 5.69 Å². The van der Waals surface area contributed by atoms with Gasteiger partial charge in [0.25, 0.3) is 0 Å². The third-order valence-electron chi connectivity index (χ3n) is 2.46. The summed E-state index contributed by atoms with van der Waals surface area (Å²) < 4.78 is 0. The van der Waals surface area contributed by atoms with E-state index in [0.717, 1.165) is 0 Å². The van der Waals surface area contributed by atoms with Crippen LogP contribution in [0, 0.1) is 0 Å². The van der Waals surface area contributed by atoms with Gasteiger partial charge in [-0.2, -0.15) is 0 Å². The van der Waals surface area contributed by atoms with Gasteiger partial charge in [0.1, 0.15) is 5.75 Å². The molecular weight excluding hydrogens is 210 g/mol. The molecule has 0 aromatic heterocycles. The van der Waals surface area contributed by atoms with Gasteiger partial charge < -0.3 is 26.2 Å². The molecule has 0 spiro atoms. The Balaban J connectivity index is 2.98. The Bertz CT molecular complexity index is 352. The Morgan fingerprint density at radius 1 is 1.12 bits per heavy atom. The van der Waals surface area contributed by atoms with E-state index in [-0.39, 0.29) is 18.8 Å². The first-order chi connectivity index (χ1) is 7.56. The fourth-order valence-electron chi connectivity index (χ4n) is 1.66. The average molecular weight is 227 g/mol. The van der Waals surface area contributed by atoms with E-state index < -0.39 is 6.29 Å². The first-order valence-electron chi connectivity index (χ1n) is 5.12. The standard InChI is InChI=1S/C11H17NO4/c12-9-2-3-10(14)8(1-4-11(15)16)7(9)5-6-13/h2-3,11,13-16H,1,4-6,12H2. The molecule has 90 valence electrons. The van der Waals surface area contributed by atoms with Crippen molar-refractivity contribution in [3.63, 3.8) is 0 Å². The highest BCUT2D eigenvalue weighted by atomic mass is 16.5. The summed E-state index contributed by atoms with van der Waals surface area (Å²) in [6.45, 7) is -0.0671. The minimum absolute atomic E-state index is 0.0671. The van der Waals surface area contributed by atoms with E-state index in [0.29, 0.717) is 29.7 Å². The zero-order valence-electron chi connectivity index (χ0n) is 8.93. The van der Waals surface area contributed by atoms with E-state index in [9.17, 15) is 5.11 Å². The zero-order chi connectivity index (χ0) is 12.1. The van der Waals surface area contributed by atoms with E-state index in [4.69, 9.17) is 21.1 Å². The van der Waals surface area contributed by atoms with Crippen LogP contribution in [0.15, 0.2) is 12.1 Å². The Morgan fingerprint density at radius 3 is 2.38 bits per heavy atom. The van der Waals surface area contributed by atoms with E-state index in [1.54, 1.807) is 6.07 Å². The maximum atomic E-state index is 9.65. The van der Waals surface area contributed by atoms with Gasteiger partial charge in [-0.15, -0.1) is 0 Å². The number of hydrogen-bond acceptors (Lipinski definition) is 5. The highest BCUT2D eigenvalue weighted by molar-refractivity contribution is 5.56. The van der Waals surface area contributed by atoms with Crippen LogP contribution >= 0.6 is 0 Å². The van der Waals surface area contributed by atoms with Crippen LogP contribution in [0.2, 0.25) is 0 Å². The van der Waals surface area contributed by atoms with Crippen LogP contribution < -0.4 is 5.73 Å². The predicted molar refractivity (Wildman–Crippen MR) is 59.9 cm³/mol. The summed E-state index contributed by atoms with van der Waals surface area (Å²) in [7, 11) is 0. The fourth-order valence-corrected chi connectivity index (χ4v) is 1.66. The molecule has 0 bridgehead atoms. The number of aromatic hydroxyl groups is 1. The van der Waals surface area contributed by atoms with Crippen molar-refractivity contribution in [2.45, 2.75) is 25.6 Å². The topological polar surface area (TPSA) is 107 Å². The number of benzene rings is 1. The third-order valence-corrected chi connectivity index (χ3v) is 2.46. The molecule has 0 fully saturated rings. The Labute approximate surface area is 93.8 Å². The average Bonchev–Trinajstić information content (AvgIpc) is 2.22. The fraction of sp³-hybridized carbons (Fsp3) is 0.455. The van der Waals surface area contributed by atoms with Gasteiger partial charge in [-0.1, -0.05) is 0 Å². The number of rotatable bonds is 5. The van der Waals surface area contributed by atoms with Gasteiger partial charge in [-0.3, -0.25) is 0 Å². The number of hydrogen-bond donors (Lipinski definition) is 5. The van der Waals surface area contributed by atoms with E-state index in [2.05, 4.69) is 0 Å². The lowest BCUT2D eigenvalue weighted by Crippen LogP contribution is -2.09. The summed E-state index contributed by atoms with van der Waals surface area (Å²) in [4.78, 5) is 0. The van der Waals surface area contributed by atoms with Crippen molar-refractivity contribution in [2.75, 3.05) is 12.3 Å². The number of nitrogens with two attached hydrogens (primary N) is 1. The highest BCUT2D eigenvalue weighted by Crippen LogP contribution is 2.28. The molecule has 0 aliphatic heterocycles. The number of phenols is 1. The summed E-state index contributed by atoms with van der Waals surface area (Å²) in [5, 5.41) is 36.1. The van der Waals surface area contributed by atoms with Crippen LogP contribution in [-0.2, 0) is 12.8 Å². The first-order valence-corrected chi connectivity index (χ1v) is 5.12. The Hall–Kier alpha value is -1.30. The second-order valence-corrected chi connectivity index (χ2v) is 3.62. The second kappa shape index (κ2) is 5.69. The number of nitrogen functional groups attached to an aromatic ring is 1. The van der Waals surface area contributed by atoms with Crippen LogP contribution in [-0.4, -0.2) is 33.3 Å². The van der Waals surface area contributed by atoms with Gasteiger partial charge in [0, 0.05) is 18.7 Å². The maximum Gasteiger partial charge on any atom is 0.151 e. The molecule has 1 rings (SSSR count). The van der Waals surface area contributed by atoms with Gasteiger partial charge in [0.2, 0.25) is 0 Å². The third kappa shape index (κ3) is 3.10. The zero-order valence-corrected chi connectivity index (χ0v) is 8.93. The van der Waals surface area contributed by atoms with Crippen molar-refractivity contribution < 1.29 is 20.4 Å². The van der Waals surface area contributed by atoms with Crippen molar-refractivity contribution in [2.24, 2.45) is 0 Å². The number of aliphatic hydroxyl groups excluding tert-OH is 2. The first kappa shape index (κ1) is 12.8.